The Bertz CT molecular complexity index is 608. The molecule has 2 aromatic rings. The fourth-order valence-electron chi connectivity index (χ4n) is 2.09. The zero-order valence-corrected chi connectivity index (χ0v) is 11.2. The van der Waals surface area contributed by atoms with Gasteiger partial charge < -0.3 is 4.74 Å². The van der Waals surface area contributed by atoms with Gasteiger partial charge in [-0.15, -0.1) is 0 Å². The van der Waals surface area contributed by atoms with Crippen molar-refractivity contribution in [2.75, 3.05) is 7.11 Å². The first-order chi connectivity index (χ1) is 9.19. The van der Waals surface area contributed by atoms with Crippen LogP contribution in [0, 0.1) is 5.82 Å². The molecule has 0 unspecified atom stereocenters. The number of aromatic nitrogens is 1. The van der Waals surface area contributed by atoms with Crippen molar-refractivity contribution < 1.29 is 9.13 Å². The minimum absolute atomic E-state index is 0.0439. The van der Waals surface area contributed by atoms with E-state index in [-0.39, 0.29) is 10.8 Å². The lowest BCUT2D eigenvalue weighted by Gasteiger charge is -2.08. The highest BCUT2D eigenvalue weighted by Gasteiger charge is 2.23. The van der Waals surface area contributed by atoms with Crippen LogP contribution in [0.2, 0.25) is 5.02 Å². The van der Waals surface area contributed by atoms with Crippen LogP contribution >= 0.6 is 11.6 Å². The molecule has 1 aromatic carbocycles. The van der Waals surface area contributed by atoms with Gasteiger partial charge in [0.15, 0.2) is 11.6 Å². The number of nitrogens with zero attached hydrogens (tertiary/aromatic N) is 1. The van der Waals surface area contributed by atoms with Crippen LogP contribution in [0.5, 0.6) is 5.75 Å². The van der Waals surface area contributed by atoms with Crippen molar-refractivity contribution in [2.24, 2.45) is 0 Å². The third-order valence-corrected chi connectivity index (χ3v) is 3.62. The average molecular weight is 278 g/mol. The van der Waals surface area contributed by atoms with Gasteiger partial charge in [-0.1, -0.05) is 17.7 Å². The van der Waals surface area contributed by atoms with Crippen molar-refractivity contribution in [2.45, 2.75) is 18.8 Å². The summed E-state index contributed by atoms with van der Waals surface area (Å²) in [5.74, 6) is 0.269. The summed E-state index contributed by atoms with van der Waals surface area (Å²) in [5, 5.41) is 0.0439. The van der Waals surface area contributed by atoms with Gasteiger partial charge in [-0.05, 0) is 42.5 Å². The SMILES string of the molecule is COc1cc(-c2ccc(C3CC3)cn2)cc(Cl)c1F. The average Bonchev–Trinajstić information content (AvgIpc) is 3.26. The Hall–Kier alpha value is -1.61. The van der Waals surface area contributed by atoms with Gasteiger partial charge in [0.1, 0.15) is 0 Å². The molecule has 19 heavy (non-hydrogen) atoms. The number of ether oxygens (including phenoxy) is 1. The third-order valence-electron chi connectivity index (χ3n) is 3.35. The monoisotopic (exact) mass is 277 g/mol. The van der Waals surface area contributed by atoms with Gasteiger partial charge in [-0.3, -0.25) is 4.98 Å². The molecule has 1 saturated carbocycles. The molecule has 98 valence electrons. The van der Waals surface area contributed by atoms with Crippen molar-refractivity contribution in [3.63, 3.8) is 0 Å². The maximum atomic E-state index is 13.6. The molecule has 0 bridgehead atoms. The van der Waals surface area contributed by atoms with E-state index in [2.05, 4.69) is 11.1 Å². The number of halogens is 2. The summed E-state index contributed by atoms with van der Waals surface area (Å²) >= 11 is 5.86. The highest BCUT2D eigenvalue weighted by molar-refractivity contribution is 6.31. The maximum absolute atomic E-state index is 13.6. The van der Waals surface area contributed by atoms with Crippen molar-refractivity contribution in [3.05, 3.63) is 46.9 Å². The van der Waals surface area contributed by atoms with Crippen LogP contribution in [0.3, 0.4) is 0 Å². The number of rotatable bonds is 3. The second-order valence-corrected chi connectivity index (χ2v) is 5.13. The number of pyridine rings is 1. The molecule has 1 aromatic heterocycles. The molecule has 3 rings (SSSR count). The number of benzene rings is 1. The summed E-state index contributed by atoms with van der Waals surface area (Å²) in [6.45, 7) is 0. The Labute approximate surface area is 116 Å². The molecule has 1 heterocycles. The lowest BCUT2D eigenvalue weighted by atomic mass is 10.1. The molecule has 0 N–H and O–H groups in total. The van der Waals surface area contributed by atoms with Crippen LogP contribution < -0.4 is 4.74 Å². The molecule has 0 atom stereocenters. The summed E-state index contributed by atoms with van der Waals surface area (Å²) in [6.07, 6.45) is 4.38. The number of hydrogen-bond acceptors (Lipinski definition) is 2. The fourth-order valence-corrected chi connectivity index (χ4v) is 2.31. The third kappa shape index (κ3) is 2.43. The largest absolute Gasteiger partial charge is 0.494 e. The second kappa shape index (κ2) is 4.82. The minimum atomic E-state index is -0.539. The Morgan fingerprint density at radius 2 is 2.11 bits per heavy atom. The smallest absolute Gasteiger partial charge is 0.183 e. The zero-order chi connectivity index (χ0) is 13.4. The van der Waals surface area contributed by atoms with Crippen molar-refractivity contribution in [1.29, 1.82) is 0 Å². The molecule has 0 radical (unpaired) electrons. The van der Waals surface area contributed by atoms with E-state index in [1.807, 2.05) is 12.3 Å². The van der Waals surface area contributed by atoms with E-state index in [9.17, 15) is 4.39 Å². The van der Waals surface area contributed by atoms with Crippen LogP contribution in [0.4, 0.5) is 4.39 Å². The van der Waals surface area contributed by atoms with Gasteiger partial charge in [0.2, 0.25) is 0 Å². The Morgan fingerprint density at radius 1 is 1.32 bits per heavy atom. The summed E-state index contributed by atoms with van der Waals surface area (Å²) in [4.78, 5) is 4.42. The first-order valence-corrected chi connectivity index (χ1v) is 6.56. The molecule has 4 heteroatoms. The lowest BCUT2D eigenvalue weighted by Crippen LogP contribution is -1.92. The highest BCUT2D eigenvalue weighted by Crippen LogP contribution is 2.40. The first kappa shape index (κ1) is 12.4. The molecule has 1 aliphatic carbocycles. The minimum Gasteiger partial charge on any atom is -0.494 e. The number of hydrogen-bond donors (Lipinski definition) is 0. The molecule has 0 saturated heterocycles. The van der Waals surface area contributed by atoms with E-state index < -0.39 is 5.82 Å². The Balaban J connectivity index is 1.98. The molecule has 0 aliphatic heterocycles. The van der Waals surface area contributed by atoms with Gasteiger partial charge in [0, 0.05) is 11.8 Å². The molecular weight excluding hydrogens is 265 g/mol. The van der Waals surface area contributed by atoms with Gasteiger partial charge in [0.25, 0.3) is 0 Å². The topological polar surface area (TPSA) is 22.1 Å². The maximum Gasteiger partial charge on any atom is 0.183 e. The standard InChI is InChI=1S/C15H13ClFNO/c1-19-14-7-11(6-12(16)15(14)17)13-5-4-10(8-18-13)9-2-3-9/h4-9H,2-3H2,1H3. The van der Waals surface area contributed by atoms with E-state index in [0.29, 0.717) is 5.92 Å². The lowest BCUT2D eigenvalue weighted by molar-refractivity contribution is 0.387. The molecule has 2 nitrogen and oxygen atoms in total. The first-order valence-electron chi connectivity index (χ1n) is 6.18. The van der Waals surface area contributed by atoms with Crippen molar-refractivity contribution in [3.8, 4) is 17.0 Å². The molecule has 1 aliphatic rings. The van der Waals surface area contributed by atoms with E-state index in [1.54, 1.807) is 12.1 Å². The fraction of sp³-hybridized carbons (Fsp3) is 0.267. The van der Waals surface area contributed by atoms with E-state index >= 15 is 0 Å². The molecular formula is C15H13ClFNO. The van der Waals surface area contributed by atoms with Gasteiger partial charge in [0.05, 0.1) is 17.8 Å². The summed E-state index contributed by atoms with van der Waals surface area (Å²) in [7, 11) is 1.42. The zero-order valence-electron chi connectivity index (χ0n) is 10.5. The molecule has 0 amide bonds. The van der Waals surface area contributed by atoms with Gasteiger partial charge >= 0.3 is 0 Å². The normalized spacial score (nSPS) is 14.5. The van der Waals surface area contributed by atoms with E-state index in [0.717, 1.165) is 11.3 Å². The van der Waals surface area contributed by atoms with Crippen LogP contribution in [0.15, 0.2) is 30.5 Å². The number of methoxy groups -OCH3 is 1. The predicted molar refractivity (Wildman–Crippen MR) is 73.2 cm³/mol. The summed E-state index contributed by atoms with van der Waals surface area (Å²) in [6, 6.07) is 7.19. The quantitative estimate of drug-likeness (QED) is 0.828. The van der Waals surface area contributed by atoms with Crippen LogP contribution in [-0.4, -0.2) is 12.1 Å². The Morgan fingerprint density at radius 3 is 2.68 bits per heavy atom. The van der Waals surface area contributed by atoms with E-state index in [1.165, 1.54) is 25.5 Å². The van der Waals surface area contributed by atoms with Crippen LogP contribution in [0.1, 0.15) is 24.3 Å². The summed E-state index contributed by atoms with van der Waals surface area (Å²) < 4.78 is 18.6. The predicted octanol–water partition coefficient (Wildman–Crippen LogP) is 4.43. The summed E-state index contributed by atoms with van der Waals surface area (Å²) in [5.41, 5.74) is 2.79. The van der Waals surface area contributed by atoms with Crippen molar-refractivity contribution in [1.82, 2.24) is 4.98 Å². The van der Waals surface area contributed by atoms with Crippen LogP contribution in [0.25, 0.3) is 11.3 Å². The van der Waals surface area contributed by atoms with E-state index in [4.69, 9.17) is 16.3 Å². The highest BCUT2D eigenvalue weighted by atomic mass is 35.5. The van der Waals surface area contributed by atoms with Gasteiger partial charge in [-0.25, -0.2) is 4.39 Å². The van der Waals surface area contributed by atoms with Crippen molar-refractivity contribution >= 4 is 11.6 Å². The molecule has 1 fully saturated rings. The Kier molecular flexibility index (Phi) is 3.15. The van der Waals surface area contributed by atoms with Gasteiger partial charge in [-0.2, -0.15) is 0 Å². The molecule has 0 spiro atoms. The second-order valence-electron chi connectivity index (χ2n) is 4.73. The van der Waals surface area contributed by atoms with Crippen LogP contribution in [-0.2, 0) is 0 Å².